The monoisotopic (exact) mass is 214 g/mol. The van der Waals surface area contributed by atoms with Gasteiger partial charge in [-0.25, -0.2) is 4.98 Å². The van der Waals surface area contributed by atoms with E-state index in [1.54, 1.807) is 0 Å². The Morgan fingerprint density at radius 1 is 1.71 bits per heavy atom. The number of aryl methyl sites for hydroxylation is 1. The number of imidazole rings is 1. The highest BCUT2D eigenvalue weighted by Gasteiger charge is 2.27. The average molecular weight is 215 g/mol. The molecule has 0 aliphatic carbocycles. The lowest BCUT2D eigenvalue weighted by atomic mass is 9.95. The summed E-state index contributed by atoms with van der Waals surface area (Å²) in [6.07, 6.45) is 1.18. The van der Waals surface area contributed by atoms with Crippen molar-refractivity contribution in [3.05, 3.63) is 16.7 Å². The number of hydrogen-bond donors (Lipinski definition) is 1. The summed E-state index contributed by atoms with van der Waals surface area (Å²) in [4.78, 5) is 14.9. The summed E-state index contributed by atoms with van der Waals surface area (Å²) in [6, 6.07) is 0. The number of aliphatic carboxylic acids is 1. The number of hydrogen-bond acceptors (Lipinski definition) is 2. The molecule has 1 aliphatic rings. The molecule has 0 aromatic carbocycles. The van der Waals surface area contributed by atoms with Crippen molar-refractivity contribution in [3.8, 4) is 0 Å². The Hall–Kier alpha value is -1.03. The van der Waals surface area contributed by atoms with Crippen LogP contribution in [0.1, 0.15) is 17.8 Å². The Balaban J connectivity index is 2.34. The van der Waals surface area contributed by atoms with E-state index in [1.165, 1.54) is 0 Å². The Labute approximate surface area is 86.5 Å². The zero-order valence-electron chi connectivity index (χ0n) is 7.83. The van der Waals surface area contributed by atoms with E-state index in [-0.39, 0.29) is 5.92 Å². The van der Waals surface area contributed by atoms with Crippen molar-refractivity contribution in [1.82, 2.24) is 9.55 Å². The smallest absolute Gasteiger partial charge is 0.306 e. The van der Waals surface area contributed by atoms with Gasteiger partial charge in [-0.3, -0.25) is 4.79 Å². The first kappa shape index (κ1) is 9.52. The molecule has 1 aromatic rings. The molecule has 76 valence electrons. The van der Waals surface area contributed by atoms with Crippen LogP contribution in [0.15, 0.2) is 0 Å². The summed E-state index contributed by atoms with van der Waals surface area (Å²) in [5.74, 6) is -1.01. The molecule has 14 heavy (non-hydrogen) atoms. The quantitative estimate of drug-likeness (QED) is 0.771. The Bertz CT molecular complexity index is 386. The first-order valence-electron chi connectivity index (χ1n) is 4.54. The largest absolute Gasteiger partial charge is 0.481 e. The van der Waals surface area contributed by atoms with Crippen molar-refractivity contribution in [1.29, 1.82) is 0 Å². The van der Waals surface area contributed by atoms with Crippen LogP contribution in [0.4, 0.5) is 0 Å². The second-order valence-corrected chi connectivity index (χ2v) is 3.93. The third-order valence-corrected chi connectivity index (χ3v) is 3.00. The Morgan fingerprint density at radius 3 is 3.07 bits per heavy atom. The summed E-state index contributed by atoms with van der Waals surface area (Å²) in [5.41, 5.74) is 1.81. The molecule has 1 aromatic heterocycles. The summed E-state index contributed by atoms with van der Waals surface area (Å²) in [5, 5.41) is 9.37. The lowest BCUT2D eigenvalue weighted by Gasteiger charge is -2.21. The van der Waals surface area contributed by atoms with Gasteiger partial charge in [0.2, 0.25) is 5.28 Å². The van der Waals surface area contributed by atoms with Gasteiger partial charge < -0.3 is 9.67 Å². The van der Waals surface area contributed by atoms with Crippen LogP contribution in [0.3, 0.4) is 0 Å². The molecule has 0 fully saturated rings. The third-order valence-electron chi connectivity index (χ3n) is 2.72. The van der Waals surface area contributed by atoms with Gasteiger partial charge in [0, 0.05) is 18.7 Å². The molecule has 0 spiro atoms. The second-order valence-electron chi connectivity index (χ2n) is 3.59. The number of rotatable bonds is 1. The minimum Gasteiger partial charge on any atom is -0.481 e. The molecule has 1 N–H and O–H groups in total. The number of nitrogens with zero attached hydrogens (tertiary/aromatic N) is 2. The first-order chi connectivity index (χ1) is 6.59. The molecule has 0 saturated heterocycles. The van der Waals surface area contributed by atoms with Crippen LogP contribution in [0.5, 0.6) is 0 Å². The van der Waals surface area contributed by atoms with Crippen molar-refractivity contribution in [3.63, 3.8) is 0 Å². The van der Waals surface area contributed by atoms with Gasteiger partial charge in [0.15, 0.2) is 0 Å². The van der Waals surface area contributed by atoms with Gasteiger partial charge in [0.05, 0.1) is 11.6 Å². The molecule has 0 bridgehead atoms. The highest BCUT2D eigenvalue weighted by molar-refractivity contribution is 6.28. The molecular weight excluding hydrogens is 204 g/mol. The minimum atomic E-state index is -0.729. The van der Waals surface area contributed by atoms with E-state index in [4.69, 9.17) is 16.7 Å². The average Bonchev–Trinajstić information content (AvgIpc) is 2.42. The van der Waals surface area contributed by atoms with Gasteiger partial charge in [-0.2, -0.15) is 0 Å². The molecule has 2 heterocycles. The molecule has 5 heteroatoms. The van der Waals surface area contributed by atoms with Gasteiger partial charge >= 0.3 is 5.97 Å². The zero-order valence-corrected chi connectivity index (χ0v) is 8.58. The van der Waals surface area contributed by atoms with Crippen LogP contribution < -0.4 is 0 Å². The zero-order chi connectivity index (χ0) is 10.3. The van der Waals surface area contributed by atoms with E-state index in [0.29, 0.717) is 24.7 Å². The fourth-order valence-corrected chi connectivity index (χ4v) is 2.20. The van der Waals surface area contributed by atoms with Crippen LogP contribution in [-0.2, 0) is 17.8 Å². The predicted molar refractivity (Wildman–Crippen MR) is 51.4 cm³/mol. The van der Waals surface area contributed by atoms with Crippen LogP contribution >= 0.6 is 11.6 Å². The van der Waals surface area contributed by atoms with Gasteiger partial charge in [-0.15, -0.1) is 0 Å². The normalized spacial score (nSPS) is 20.6. The molecule has 0 amide bonds. The lowest BCUT2D eigenvalue weighted by Crippen LogP contribution is -2.25. The number of carboxylic acid groups (broad SMARTS) is 1. The summed E-state index contributed by atoms with van der Waals surface area (Å²) in [7, 11) is 0. The van der Waals surface area contributed by atoms with Crippen molar-refractivity contribution in [2.24, 2.45) is 5.92 Å². The van der Waals surface area contributed by atoms with Gasteiger partial charge in [-0.05, 0) is 24.9 Å². The van der Waals surface area contributed by atoms with Crippen LogP contribution in [0.2, 0.25) is 5.28 Å². The van der Waals surface area contributed by atoms with Crippen molar-refractivity contribution in [2.75, 3.05) is 0 Å². The molecule has 0 saturated carbocycles. The fraction of sp³-hybridized carbons (Fsp3) is 0.556. The van der Waals surface area contributed by atoms with Gasteiger partial charge in [0.25, 0.3) is 0 Å². The molecule has 4 nitrogen and oxygen atoms in total. The Morgan fingerprint density at radius 2 is 2.43 bits per heavy atom. The van der Waals surface area contributed by atoms with E-state index >= 15 is 0 Å². The standard InChI is InChI=1S/C9H11ClN2O2/c1-5-7-4-6(8(13)14)2-3-12(7)9(10)11-5/h6H,2-4H2,1H3,(H,13,14). The van der Waals surface area contributed by atoms with E-state index in [9.17, 15) is 4.79 Å². The van der Waals surface area contributed by atoms with Crippen LogP contribution in [-0.4, -0.2) is 20.6 Å². The summed E-state index contributed by atoms with van der Waals surface area (Å²) >= 11 is 5.89. The fourth-order valence-electron chi connectivity index (χ4n) is 1.89. The number of aromatic nitrogens is 2. The number of carbonyl (C=O) groups is 1. The number of fused-ring (bicyclic) bond motifs is 1. The maximum absolute atomic E-state index is 10.8. The number of halogens is 1. The van der Waals surface area contributed by atoms with E-state index in [1.807, 2.05) is 11.5 Å². The van der Waals surface area contributed by atoms with Crippen LogP contribution in [0.25, 0.3) is 0 Å². The van der Waals surface area contributed by atoms with Crippen molar-refractivity contribution >= 4 is 17.6 Å². The molecule has 1 atom stereocenters. The topological polar surface area (TPSA) is 55.1 Å². The van der Waals surface area contributed by atoms with E-state index in [2.05, 4.69) is 4.98 Å². The maximum atomic E-state index is 10.8. The summed E-state index contributed by atoms with van der Waals surface area (Å²) < 4.78 is 1.90. The van der Waals surface area contributed by atoms with Crippen molar-refractivity contribution in [2.45, 2.75) is 26.3 Å². The SMILES string of the molecule is Cc1nc(Cl)n2c1CC(C(=O)O)CC2. The minimum absolute atomic E-state index is 0.283. The van der Waals surface area contributed by atoms with E-state index in [0.717, 1.165) is 11.4 Å². The van der Waals surface area contributed by atoms with Gasteiger partial charge in [0.1, 0.15) is 0 Å². The van der Waals surface area contributed by atoms with Crippen LogP contribution in [0, 0.1) is 12.8 Å². The molecule has 0 radical (unpaired) electrons. The maximum Gasteiger partial charge on any atom is 0.306 e. The Kier molecular flexibility index (Phi) is 2.23. The third kappa shape index (κ3) is 1.39. The van der Waals surface area contributed by atoms with Crippen molar-refractivity contribution < 1.29 is 9.90 Å². The second kappa shape index (κ2) is 3.28. The predicted octanol–water partition coefficient (Wildman–Crippen LogP) is 1.49. The molecule has 2 rings (SSSR count). The van der Waals surface area contributed by atoms with E-state index < -0.39 is 5.97 Å². The molecule has 1 aliphatic heterocycles. The molecule has 1 unspecified atom stereocenters. The first-order valence-corrected chi connectivity index (χ1v) is 4.91. The summed E-state index contributed by atoms with van der Waals surface area (Å²) in [6.45, 7) is 2.52. The molecular formula is C9H11ClN2O2. The highest BCUT2D eigenvalue weighted by atomic mass is 35.5. The lowest BCUT2D eigenvalue weighted by molar-refractivity contribution is -0.142. The highest BCUT2D eigenvalue weighted by Crippen LogP contribution is 2.26. The van der Waals surface area contributed by atoms with Gasteiger partial charge in [-0.1, -0.05) is 0 Å². The number of carboxylic acids is 1.